The summed E-state index contributed by atoms with van der Waals surface area (Å²) < 4.78 is 45.4. The Morgan fingerprint density at radius 2 is 1.68 bits per heavy atom. The van der Waals surface area contributed by atoms with Gasteiger partial charge in [-0.05, 0) is 23.2 Å². The van der Waals surface area contributed by atoms with Crippen molar-refractivity contribution in [3.05, 3.63) is 78.1 Å². The van der Waals surface area contributed by atoms with Crippen LogP contribution in [0.15, 0.2) is 67.3 Å². The zero-order valence-corrected chi connectivity index (χ0v) is 22.2. The number of aromatic nitrogens is 5. The average Bonchev–Trinajstić information content (AvgIpc) is 3.56. The first-order chi connectivity index (χ1) is 18.3. The lowest BCUT2D eigenvalue weighted by atomic mass is 10.2. The number of nitrogens with one attached hydrogen (secondary N) is 1. The van der Waals surface area contributed by atoms with Gasteiger partial charge in [-0.15, -0.1) is 0 Å². The third kappa shape index (κ3) is 4.83. The molecule has 0 aliphatic heterocycles. The van der Waals surface area contributed by atoms with Crippen LogP contribution in [0.4, 0.5) is 11.6 Å². The zero-order valence-electron chi connectivity index (χ0n) is 20.6. The minimum absolute atomic E-state index is 0.112. The van der Waals surface area contributed by atoms with Gasteiger partial charge in [0.1, 0.15) is 18.0 Å². The van der Waals surface area contributed by atoms with Crippen molar-refractivity contribution in [2.75, 3.05) is 26.6 Å². The highest BCUT2D eigenvalue weighted by atomic mass is 35.5. The number of ether oxygens (including phenoxy) is 3. The molecular weight excluding hydrogens is 532 g/mol. The van der Waals surface area contributed by atoms with E-state index in [-0.39, 0.29) is 16.7 Å². The van der Waals surface area contributed by atoms with Gasteiger partial charge in [0.2, 0.25) is 21.1 Å². The summed E-state index contributed by atoms with van der Waals surface area (Å²) in [6.45, 7) is 0. The molecule has 5 aromatic rings. The summed E-state index contributed by atoms with van der Waals surface area (Å²) >= 11 is 6.19. The molecule has 13 heteroatoms. The van der Waals surface area contributed by atoms with E-state index in [0.717, 1.165) is 3.97 Å². The molecule has 0 bridgehead atoms. The van der Waals surface area contributed by atoms with Gasteiger partial charge in [-0.2, -0.15) is 9.97 Å². The average molecular weight is 555 g/mol. The molecule has 5 rings (SSSR count). The first kappa shape index (κ1) is 25.4. The number of fused-ring (bicyclic) bond motifs is 1. The molecule has 0 aliphatic rings. The van der Waals surface area contributed by atoms with E-state index < -0.39 is 10.0 Å². The third-order valence-electron chi connectivity index (χ3n) is 5.75. The minimum atomic E-state index is -3.77. The predicted molar refractivity (Wildman–Crippen MR) is 144 cm³/mol. The molecule has 0 fully saturated rings. The molecule has 3 heterocycles. The van der Waals surface area contributed by atoms with E-state index in [2.05, 4.69) is 20.3 Å². The number of hydrogen-bond acceptors (Lipinski definition) is 9. The smallest absolute Gasteiger partial charge is 0.244 e. The molecule has 0 radical (unpaired) electrons. The van der Waals surface area contributed by atoms with Gasteiger partial charge >= 0.3 is 0 Å². The normalized spacial score (nSPS) is 11.5. The van der Waals surface area contributed by atoms with Crippen molar-refractivity contribution in [3.8, 4) is 22.9 Å². The Kier molecular flexibility index (Phi) is 6.83. The predicted octanol–water partition coefficient (Wildman–Crippen LogP) is 4.42. The van der Waals surface area contributed by atoms with Crippen molar-refractivity contribution in [3.63, 3.8) is 0 Å². The molecule has 196 valence electrons. The van der Waals surface area contributed by atoms with Gasteiger partial charge in [0, 0.05) is 18.3 Å². The zero-order chi connectivity index (χ0) is 26.9. The number of nitrogens with zero attached hydrogens (tertiary/aromatic N) is 5. The summed E-state index contributed by atoms with van der Waals surface area (Å²) in [4.78, 5) is 12.9. The molecule has 1 N–H and O–H groups in total. The molecule has 0 aliphatic carbocycles. The molecule has 0 amide bonds. The van der Waals surface area contributed by atoms with Gasteiger partial charge in [0.05, 0.1) is 44.4 Å². The second-order valence-electron chi connectivity index (χ2n) is 8.11. The van der Waals surface area contributed by atoms with E-state index in [1.807, 2.05) is 6.07 Å². The Bertz CT molecular complexity index is 1690. The van der Waals surface area contributed by atoms with Crippen molar-refractivity contribution in [1.82, 2.24) is 23.5 Å². The highest BCUT2D eigenvalue weighted by Crippen LogP contribution is 2.39. The number of anilines is 2. The Morgan fingerprint density at radius 3 is 2.34 bits per heavy atom. The minimum Gasteiger partial charge on any atom is -0.493 e. The summed E-state index contributed by atoms with van der Waals surface area (Å²) in [7, 11) is 0.847. The highest BCUT2D eigenvalue weighted by molar-refractivity contribution is 7.89. The number of halogens is 1. The molecule has 38 heavy (non-hydrogen) atoms. The third-order valence-corrected chi connectivity index (χ3v) is 7.51. The summed E-state index contributed by atoms with van der Waals surface area (Å²) in [6, 6.07) is 14.1. The van der Waals surface area contributed by atoms with Gasteiger partial charge in [-0.25, -0.2) is 17.4 Å². The van der Waals surface area contributed by atoms with E-state index in [4.69, 9.17) is 25.8 Å². The van der Waals surface area contributed by atoms with Gasteiger partial charge in [-0.1, -0.05) is 30.3 Å². The number of hydrogen-bond donors (Lipinski definition) is 1. The van der Waals surface area contributed by atoms with Crippen molar-refractivity contribution in [2.24, 2.45) is 0 Å². The molecule has 3 aromatic heterocycles. The van der Waals surface area contributed by atoms with E-state index >= 15 is 0 Å². The van der Waals surface area contributed by atoms with Crippen LogP contribution in [0.25, 0.3) is 16.7 Å². The summed E-state index contributed by atoms with van der Waals surface area (Å²) in [5.74, 6) is 2.02. The fourth-order valence-corrected chi connectivity index (χ4v) is 5.57. The van der Waals surface area contributed by atoms with Gasteiger partial charge in [0.25, 0.3) is 0 Å². The monoisotopic (exact) mass is 554 g/mol. The van der Waals surface area contributed by atoms with Gasteiger partial charge < -0.3 is 24.1 Å². The Balaban J connectivity index is 1.48. The number of benzene rings is 2. The quantitative estimate of drug-likeness (QED) is 0.264. The fourth-order valence-electron chi connectivity index (χ4n) is 4.01. The molecule has 0 saturated heterocycles. The number of methoxy groups -OCH3 is 3. The first-order valence-electron chi connectivity index (χ1n) is 11.3. The molecular formula is C25H23ClN6O5S. The van der Waals surface area contributed by atoms with Crippen LogP contribution >= 0.6 is 11.6 Å². The number of imidazole rings is 1. The largest absolute Gasteiger partial charge is 0.493 e. The van der Waals surface area contributed by atoms with Crippen LogP contribution in [0.1, 0.15) is 5.56 Å². The number of rotatable bonds is 9. The Morgan fingerprint density at radius 1 is 0.974 bits per heavy atom. The van der Waals surface area contributed by atoms with E-state index in [9.17, 15) is 8.42 Å². The SMILES string of the molecule is COc1cc(-n2cnc(Nc3nc(Cl)nc4c3ccn4S(=O)(=O)Cc3ccccc3)c2)cc(OC)c1OC. The van der Waals surface area contributed by atoms with Crippen molar-refractivity contribution < 1.29 is 22.6 Å². The van der Waals surface area contributed by atoms with Crippen LogP contribution in [-0.2, 0) is 15.8 Å². The highest BCUT2D eigenvalue weighted by Gasteiger charge is 2.21. The van der Waals surface area contributed by atoms with Gasteiger partial charge in [-0.3, -0.25) is 0 Å². The second-order valence-corrected chi connectivity index (χ2v) is 10.3. The van der Waals surface area contributed by atoms with E-state index in [1.54, 1.807) is 59.6 Å². The Hall–Kier alpha value is -4.29. The van der Waals surface area contributed by atoms with Gasteiger partial charge in [0.15, 0.2) is 17.1 Å². The second kappa shape index (κ2) is 10.2. The van der Waals surface area contributed by atoms with Crippen LogP contribution < -0.4 is 19.5 Å². The van der Waals surface area contributed by atoms with Crippen molar-refractivity contribution in [2.45, 2.75) is 5.75 Å². The Labute approximate surface area is 223 Å². The van der Waals surface area contributed by atoms with E-state index in [0.29, 0.717) is 45.5 Å². The molecule has 2 aromatic carbocycles. The maximum atomic E-state index is 13.2. The summed E-state index contributed by atoms with van der Waals surface area (Å²) in [5, 5.41) is 3.46. The lowest BCUT2D eigenvalue weighted by molar-refractivity contribution is 0.324. The topological polar surface area (TPSA) is 122 Å². The maximum Gasteiger partial charge on any atom is 0.244 e. The summed E-state index contributed by atoms with van der Waals surface area (Å²) in [5.41, 5.74) is 1.53. The molecule has 0 unspecified atom stereocenters. The van der Waals surface area contributed by atoms with Crippen LogP contribution in [0.2, 0.25) is 5.28 Å². The van der Waals surface area contributed by atoms with E-state index in [1.165, 1.54) is 27.5 Å². The summed E-state index contributed by atoms with van der Waals surface area (Å²) in [6.07, 6.45) is 4.76. The molecule has 0 saturated carbocycles. The van der Waals surface area contributed by atoms with Crippen molar-refractivity contribution >= 4 is 44.3 Å². The first-order valence-corrected chi connectivity index (χ1v) is 13.2. The van der Waals surface area contributed by atoms with Crippen LogP contribution in [-0.4, -0.2) is 53.2 Å². The molecule has 0 atom stereocenters. The lowest BCUT2D eigenvalue weighted by Gasteiger charge is -2.14. The van der Waals surface area contributed by atoms with Crippen LogP contribution in [0.3, 0.4) is 0 Å². The maximum absolute atomic E-state index is 13.2. The fraction of sp³-hybridized carbons (Fsp3) is 0.160. The molecule has 11 nitrogen and oxygen atoms in total. The van der Waals surface area contributed by atoms with Crippen LogP contribution in [0, 0.1) is 0 Å². The van der Waals surface area contributed by atoms with Crippen molar-refractivity contribution in [1.29, 1.82) is 0 Å². The standard InChI is InChI=1S/C25H23ClN6O5S/c1-35-19-11-17(12-20(36-2)22(19)37-3)31-13-21(27-15-31)28-23-18-9-10-32(24(18)30-25(26)29-23)38(33,34)14-16-7-5-4-6-8-16/h4-13,15H,14H2,1-3H3,(H,28,29,30). The lowest BCUT2D eigenvalue weighted by Crippen LogP contribution is -2.14. The van der Waals surface area contributed by atoms with Crippen LogP contribution in [0.5, 0.6) is 17.2 Å². The molecule has 0 spiro atoms.